The molecule has 0 spiro atoms. The molecule has 124 valence electrons. The van der Waals surface area contributed by atoms with Crippen LogP contribution in [0.5, 0.6) is 11.8 Å². The molecule has 0 saturated heterocycles. The van der Waals surface area contributed by atoms with E-state index in [-0.39, 0.29) is 11.5 Å². The van der Waals surface area contributed by atoms with Crippen molar-refractivity contribution < 1.29 is 9.47 Å². The molecule has 3 heterocycles. The predicted molar refractivity (Wildman–Crippen MR) is 92.6 cm³/mol. The molecule has 0 radical (unpaired) electrons. The van der Waals surface area contributed by atoms with Gasteiger partial charge in [0, 0.05) is 6.20 Å². The highest BCUT2D eigenvalue weighted by molar-refractivity contribution is 5.72. The maximum Gasteiger partial charge on any atom is 0.299 e. The Bertz CT molecular complexity index is 862. The van der Waals surface area contributed by atoms with E-state index in [0.717, 1.165) is 23.5 Å². The van der Waals surface area contributed by atoms with Gasteiger partial charge < -0.3 is 9.47 Å². The molecule has 1 aromatic carbocycles. The second kappa shape index (κ2) is 5.51. The lowest BCUT2D eigenvalue weighted by molar-refractivity contribution is 0.144. The maximum absolute atomic E-state index is 5.89. The Labute approximate surface area is 141 Å². The van der Waals surface area contributed by atoms with Gasteiger partial charge in [-0.1, -0.05) is 32.9 Å². The first-order valence-electron chi connectivity index (χ1n) is 8.22. The zero-order valence-corrected chi connectivity index (χ0v) is 14.2. The second-order valence-corrected chi connectivity index (χ2v) is 7.18. The van der Waals surface area contributed by atoms with Crippen molar-refractivity contribution in [1.29, 1.82) is 0 Å². The van der Waals surface area contributed by atoms with E-state index in [1.54, 1.807) is 6.20 Å². The maximum atomic E-state index is 5.89. The average Bonchev–Trinajstić information content (AvgIpc) is 3.10. The third-order valence-electron chi connectivity index (χ3n) is 4.30. The number of fused-ring (bicyclic) bond motifs is 3. The van der Waals surface area contributed by atoms with Crippen LogP contribution in [-0.2, 0) is 12.0 Å². The lowest BCUT2D eigenvalue weighted by Crippen LogP contribution is -2.23. The highest BCUT2D eigenvalue weighted by Crippen LogP contribution is 2.28. The number of aromatic nitrogens is 3. The van der Waals surface area contributed by atoms with Crippen LogP contribution in [0.2, 0.25) is 0 Å². The fraction of sp³-hybridized carbons (Fsp3) is 0.368. The van der Waals surface area contributed by atoms with Gasteiger partial charge in [0.25, 0.3) is 6.01 Å². The van der Waals surface area contributed by atoms with Crippen LogP contribution < -0.4 is 9.47 Å². The number of hydrogen-bond acceptors (Lipinski definition) is 4. The van der Waals surface area contributed by atoms with E-state index < -0.39 is 0 Å². The molecule has 1 aliphatic heterocycles. The molecule has 0 bridgehead atoms. The second-order valence-electron chi connectivity index (χ2n) is 7.18. The van der Waals surface area contributed by atoms with Crippen LogP contribution in [-0.4, -0.2) is 27.2 Å². The molecule has 4 rings (SSSR count). The number of nitrogens with zero attached hydrogens (tertiary/aromatic N) is 3. The summed E-state index contributed by atoms with van der Waals surface area (Å²) in [5.74, 6) is 0.864. The molecule has 0 saturated carbocycles. The number of pyridine rings is 1. The fourth-order valence-electron chi connectivity index (χ4n) is 2.92. The number of hydrogen-bond donors (Lipinski definition) is 0. The first kappa shape index (κ1) is 15.0. The lowest BCUT2D eigenvalue weighted by Gasteiger charge is -2.19. The molecule has 5 nitrogen and oxygen atoms in total. The quantitative estimate of drug-likeness (QED) is 0.739. The van der Waals surface area contributed by atoms with Gasteiger partial charge in [-0.3, -0.25) is 4.57 Å². The number of imidazole rings is 1. The number of ether oxygens (including phenoxy) is 2. The summed E-state index contributed by atoms with van der Waals surface area (Å²) in [7, 11) is 0. The van der Waals surface area contributed by atoms with Crippen LogP contribution in [0.3, 0.4) is 0 Å². The van der Waals surface area contributed by atoms with Gasteiger partial charge in [-0.05, 0) is 35.2 Å². The van der Waals surface area contributed by atoms with Crippen LogP contribution in [0.1, 0.15) is 26.3 Å². The summed E-state index contributed by atoms with van der Waals surface area (Å²) in [5.41, 5.74) is 3.18. The van der Waals surface area contributed by atoms with Crippen LogP contribution in [0, 0.1) is 0 Å². The van der Waals surface area contributed by atoms with E-state index >= 15 is 0 Å². The monoisotopic (exact) mass is 323 g/mol. The first-order chi connectivity index (χ1) is 11.5. The first-order valence-corrected chi connectivity index (χ1v) is 8.22. The molecule has 2 aromatic heterocycles. The van der Waals surface area contributed by atoms with Gasteiger partial charge in [-0.25, -0.2) is 4.98 Å². The van der Waals surface area contributed by atoms with Gasteiger partial charge in [-0.2, -0.15) is 4.98 Å². The zero-order valence-electron chi connectivity index (χ0n) is 14.2. The fourth-order valence-corrected chi connectivity index (χ4v) is 2.92. The average molecular weight is 323 g/mol. The van der Waals surface area contributed by atoms with Crippen molar-refractivity contribution in [1.82, 2.24) is 14.5 Å². The highest BCUT2D eigenvalue weighted by atomic mass is 16.6. The van der Waals surface area contributed by atoms with Gasteiger partial charge >= 0.3 is 0 Å². The molecule has 5 heteroatoms. The number of rotatable bonds is 3. The van der Waals surface area contributed by atoms with Crippen molar-refractivity contribution in [2.75, 3.05) is 6.61 Å². The van der Waals surface area contributed by atoms with Gasteiger partial charge in [-0.15, -0.1) is 0 Å². The molecule has 24 heavy (non-hydrogen) atoms. The summed E-state index contributed by atoms with van der Waals surface area (Å²) < 4.78 is 13.8. The Morgan fingerprint density at radius 1 is 1.21 bits per heavy atom. The van der Waals surface area contributed by atoms with E-state index in [9.17, 15) is 0 Å². The van der Waals surface area contributed by atoms with Gasteiger partial charge in [0.15, 0.2) is 11.8 Å². The normalized spacial score (nSPS) is 16.9. The van der Waals surface area contributed by atoms with Gasteiger partial charge in [0.2, 0.25) is 0 Å². The summed E-state index contributed by atoms with van der Waals surface area (Å²) in [5, 5.41) is 0. The van der Waals surface area contributed by atoms with Crippen LogP contribution in [0.4, 0.5) is 0 Å². The van der Waals surface area contributed by atoms with Crippen molar-refractivity contribution in [2.24, 2.45) is 0 Å². The van der Waals surface area contributed by atoms with Gasteiger partial charge in [0.05, 0.1) is 12.1 Å². The molecule has 0 amide bonds. The Hall–Kier alpha value is -2.56. The topological polar surface area (TPSA) is 49.2 Å². The lowest BCUT2D eigenvalue weighted by atomic mass is 9.87. The molecule has 3 aromatic rings. The van der Waals surface area contributed by atoms with Crippen LogP contribution in [0.15, 0.2) is 42.6 Å². The largest absolute Gasteiger partial charge is 0.490 e. The van der Waals surface area contributed by atoms with Crippen molar-refractivity contribution in [3.8, 4) is 11.8 Å². The van der Waals surface area contributed by atoms with E-state index in [0.29, 0.717) is 12.6 Å². The Morgan fingerprint density at radius 3 is 2.75 bits per heavy atom. The molecular weight excluding hydrogens is 302 g/mol. The van der Waals surface area contributed by atoms with Crippen molar-refractivity contribution in [3.63, 3.8) is 0 Å². The van der Waals surface area contributed by atoms with E-state index in [1.165, 1.54) is 5.56 Å². The summed E-state index contributed by atoms with van der Waals surface area (Å²) in [6.45, 7) is 7.85. The van der Waals surface area contributed by atoms with E-state index in [4.69, 9.17) is 9.47 Å². The van der Waals surface area contributed by atoms with E-state index in [2.05, 4.69) is 47.4 Å². The Balaban J connectivity index is 1.40. The number of benzene rings is 1. The minimum absolute atomic E-state index is 0.0283. The van der Waals surface area contributed by atoms with Crippen molar-refractivity contribution in [2.45, 2.75) is 38.8 Å². The predicted octanol–water partition coefficient (Wildman–Crippen LogP) is 3.57. The standard InChI is InChI=1S/C19H21N3O2/c1-19(2,3)13-6-8-14(9-7-13)23-12-15-11-22-16-5-4-10-20-17(16)21-18(22)24-15/h4-10,15H,11-12H2,1-3H3. The summed E-state index contributed by atoms with van der Waals surface area (Å²) in [6, 6.07) is 12.8. The summed E-state index contributed by atoms with van der Waals surface area (Å²) >= 11 is 0. The molecular formula is C19H21N3O2. The Kier molecular flexibility index (Phi) is 3.44. The smallest absolute Gasteiger partial charge is 0.299 e. The summed E-state index contributed by atoms with van der Waals surface area (Å²) in [4.78, 5) is 8.66. The zero-order chi connectivity index (χ0) is 16.7. The third kappa shape index (κ3) is 2.70. The molecule has 0 aliphatic carbocycles. The highest BCUT2D eigenvalue weighted by Gasteiger charge is 2.27. The minimum Gasteiger partial charge on any atom is -0.490 e. The molecule has 1 aliphatic rings. The molecule has 1 atom stereocenters. The molecule has 0 N–H and O–H groups in total. The van der Waals surface area contributed by atoms with Gasteiger partial charge in [0.1, 0.15) is 12.4 Å². The summed E-state index contributed by atoms with van der Waals surface area (Å²) in [6.07, 6.45) is 1.71. The van der Waals surface area contributed by atoms with Crippen LogP contribution in [0.25, 0.3) is 11.2 Å². The van der Waals surface area contributed by atoms with E-state index in [1.807, 2.05) is 24.3 Å². The molecule has 0 fully saturated rings. The minimum atomic E-state index is -0.0283. The SMILES string of the molecule is CC(C)(C)c1ccc(OCC2Cn3c(nc4ncccc43)O2)cc1. The molecule has 1 unspecified atom stereocenters. The Morgan fingerprint density at radius 2 is 2.00 bits per heavy atom. The van der Waals surface area contributed by atoms with Crippen molar-refractivity contribution >= 4 is 11.2 Å². The third-order valence-corrected chi connectivity index (χ3v) is 4.30. The van der Waals surface area contributed by atoms with Crippen LogP contribution >= 0.6 is 0 Å². The van der Waals surface area contributed by atoms with Crippen molar-refractivity contribution in [3.05, 3.63) is 48.2 Å².